The molecule has 0 saturated heterocycles. The van der Waals surface area contributed by atoms with Crippen molar-refractivity contribution in [3.63, 3.8) is 0 Å². The molecule has 1 N–H and O–H groups in total. The zero-order chi connectivity index (χ0) is 21.3. The van der Waals surface area contributed by atoms with Crippen molar-refractivity contribution in [3.05, 3.63) is 45.1 Å². The molecule has 158 valence electrons. The summed E-state index contributed by atoms with van der Waals surface area (Å²) in [6.07, 6.45) is 3.08. The second-order valence-electron chi connectivity index (χ2n) is 7.56. The number of nitrogens with zero attached hydrogens (tertiary/aromatic N) is 2. The molecule has 8 heteroatoms. The highest BCUT2D eigenvalue weighted by Crippen LogP contribution is 2.36. The lowest BCUT2D eigenvalue weighted by atomic mass is 9.89. The van der Waals surface area contributed by atoms with Crippen LogP contribution < -0.4 is 15.6 Å². The third-order valence-corrected chi connectivity index (χ3v) is 7.47. The zero-order valence-corrected chi connectivity index (χ0v) is 19.0. The summed E-state index contributed by atoms with van der Waals surface area (Å²) in [5.41, 5.74) is 1.81. The van der Waals surface area contributed by atoms with Gasteiger partial charge in [0.25, 0.3) is 5.56 Å². The minimum atomic E-state index is -0.166. The molecule has 2 heterocycles. The lowest BCUT2D eigenvalue weighted by molar-refractivity contribution is -0.113. The van der Waals surface area contributed by atoms with Crippen LogP contribution >= 0.6 is 23.1 Å². The fraction of sp³-hybridized carbons (Fsp3) is 0.409. The summed E-state index contributed by atoms with van der Waals surface area (Å²) in [5, 5.41) is 4.21. The van der Waals surface area contributed by atoms with Gasteiger partial charge in [0.1, 0.15) is 10.6 Å². The average Bonchev–Trinajstić information content (AvgIpc) is 3.08. The molecule has 4 rings (SSSR count). The molecular weight excluding hydrogens is 418 g/mol. The van der Waals surface area contributed by atoms with E-state index < -0.39 is 0 Å². The molecule has 3 aromatic rings. The van der Waals surface area contributed by atoms with Gasteiger partial charge in [-0.15, -0.1) is 11.3 Å². The highest BCUT2D eigenvalue weighted by atomic mass is 32.2. The molecule has 2 aromatic heterocycles. The highest BCUT2D eigenvalue weighted by molar-refractivity contribution is 7.99. The van der Waals surface area contributed by atoms with Crippen LogP contribution in [0.2, 0.25) is 0 Å². The topological polar surface area (TPSA) is 73.2 Å². The molecule has 0 fully saturated rings. The van der Waals surface area contributed by atoms with Crippen molar-refractivity contribution in [3.8, 4) is 5.75 Å². The van der Waals surface area contributed by atoms with Crippen LogP contribution in [-0.4, -0.2) is 27.8 Å². The van der Waals surface area contributed by atoms with Crippen LogP contribution in [0.15, 0.2) is 34.2 Å². The van der Waals surface area contributed by atoms with Crippen molar-refractivity contribution in [2.75, 3.05) is 17.7 Å². The number of thioether (sulfide) groups is 1. The summed E-state index contributed by atoms with van der Waals surface area (Å²) in [6, 6.07) is 7.35. The van der Waals surface area contributed by atoms with E-state index in [1.54, 1.807) is 23.0 Å². The molecule has 0 spiro atoms. The average molecular weight is 444 g/mol. The van der Waals surface area contributed by atoms with Gasteiger partial charge in [-0.3, -0.25) is 14.2 Å². The van der Waals surface area contributed by atoms with Gasteiger partial charge in [0.2, 0.25) is 5.91 Å². The quantitative estimate of drug-likeness (QED) is 0.455. The van der Waals surface area contributed by atoms with E-state index in [1.807, 2.05) is 31.2 Å². The maximum Gasteiger partial charge on any atom is 0.262 e. The van der Waals surface area contributed by atoms with E-state index in [-0.39, 0.29) is 17.2 Å². The fourth-order valence-corrected chi connectivity index (χ4v) is 5.94. The van der Waals surface area contributed by atoms with Gasteiger partial charge in [-0.1, -0.05) is 30.8 Å². The molecule has 0 bridgehead atoms. The van der Waals surface area contributed by atoms with E-state index in [9.17, 15) is 9.59 Å². The molecule has 0 saturated carbocycles. The van der Waals surface area contributed by atoms with Gasteiger partial charge in [0, 0.05) is 11.9 Å². The normalized spacial score (nSPS) is 15.8. The minimum absolute atomic E-state index is 0.0170. The third-order valence-electron chi connectivity index (χ3n) is 5.29. The van der Waals surface area contributed by atoms with Gasteiger partial charge >= 0.3 is 0 Å². The molecule has 1 atom stereocenters. The Morgan fingerprint density at radius 1 is 1.40 bits per heavy atom. The number of fused-ring (bicyclic) bond motifs is 3. The van der Waals surface area contributed by atoms with Crippen molar-refractivity contribution < 1.29 is 9.53 Å². The van der Waals surface area contributed by atoms with E-state index in [0.717, 1.165) is 29.5 Å². The number of carbonyl (C=O) groups excluding carboxylic acids is 1. The largest absolute Gasteiger partial charge is 0.492 e. The Morgan fingerprint density at radius 2 is 2.20 bits per heavy atom. The number of amides is 1. The van der Waals surface area contributed by atoms with Crippen LogP contribution in [0.4, 0.5) is 5.69 Å². The zero-order valence-electron chi connectivity index (χ0n) is 17.4. The van der Waals surface area contributed by atoms with Gasteiger partial charge in [-0.2, -0.15) is 0 Å². The predicted molar refractivity (Wildman–Crippen MR) is 123 cm³/mol. The first kappa shape index (κ1) is 20.9. The van der Waals surface area contributed by atoms with Crippen LogP contribution in [0, 0.1) is 5.92 Å². The second-order valence-corrected chi connectivity index (χ2v) is 9.58. The number of hydrogen-bond acceptors (Lipinski definition) is 6. The molecule has 30 heavy (non-hydrogen) atoms. The maximum absolute atomic E-state index is 13.0. The highest BCUT2D eigenvalue weighted by Gasteiger charge is 2.24. The van der Waals surface area contributed by atoms with Crippen molar-refractivity contribution in [2.24, 2.45) is 13.0 Å². The number of ether oxygens (including phenoxy) is 1. The van der Waals surface area contributed by atoms with E-state index in [2.05, 4.69) is 12.2 Å². The van der Waals surface area contributed by atoms with E-state index in [0.29, 0.717) is 29.1 Å². The summed E-state index contributed by atoms with van der Waals surface area (Å²) >= 11 is 2.90. The van der Waals surface area contributed by atoms with Crippen molar-refractivity contribution in [2.45, 2.75) is 38.3 Å². The first-order chi connectivity index (χ1) is 14.5. The summed E-state index contributed by atoms with van der Waals surface area (Å²) in [6.45, 7) is 4.68. The Labute approximate surface area is 183 Å². The van der Waals surface area contributed by atoms with Crippen molar-refractivity contribution in [1.29, 1.82) is 0 Å². The molecule has 0 radical (unpaired) electrons. The lowest BCUT2D eigenvalue weighted by Gasteiger charge is -2.17. The Kier molecular flexibility index (Phi) is 6.15. The van der Waals surface area contributed by atoms with Gasteiger partial charge in [0.15, 0.2) is 5.16 Å². The molecule has 1 aromatic carbocycles. The third kappa shape index (κ3) is 4.11. The molecule has 1 aliphatic rings. The van der Waals surface area contributed by atoms with Crippen LogP contribution in [0.1, 0.15) is 30.7 Å². The number of carbonyl (C=O) groups is 1. The molecule has 0 unspecified atom stereocenters. The van der Waals surface area contributed by atoms with E-state index in [1.165, 1.54) is 22.2 Å². The first-order valence-electron chi connectivity index (χ1n) is 10.1. The van der Waals surface area contributed by atoms with Gasteiger partial charge < -0.3 is 10.1 Å². The minimum Gasteiger partial charge on any atom is -0.492 e. The SMILES string of the molecule is CCOc1ccccc1NC(=O)CSc1nc2sc3c(c2c(=O)n1C)CC[C@H](C)C3. The van der Waals surface area contributed by atoms with E-state index >= 15 is 0 Å². The molecule has 0 aliphatic heterocycles. The van der Waals surface area contributed by atoms with Gasteiger partial charge in [0.05, 0.1) is 23.4 Å². The van der Waals surface area contributed by atoms with Gasteiger partial charge in [-0.05, 0) is 49.8 Å². The summed E-state index contributed by atoms with van der Waals surface area (Å²) in [5.74, 6) is 1.28. The molecular formula is C22H25N3O3S2. The molecule has 1 amide bonds. The molecule has 1 aliphatic carbocycles. The van der Waals surface area contributed by atoms with Crippen LogP contribution in [-0.2, 0) is 24.7 Å². The predicted octanol–water partition coefficient (Wildman–Crippen LogP) is 4.25. The van der Waals surface area contributed by atoms with Crippen molar-refractivity contribution in [1.82, 2.24) is 9.55 Å². The number of hydrogen-bond donors (Lipinski definition) is 1. The Hall–Kier alpha value is -2.32. The number of thiophene rings is 1. The Bertz CT molecular complexity index is 1150. The Balaban J connectivity index is 1.53. The summed E-state index contributed by atoms with van der Waals surface area (Å²) in [7, 11) is 1.73. The Morgan fingerprint density at radius 3 is 3.00 bits per heavy atom. The molecule has 6 nitrogen and oxygen atoms in total. The standard InChI is InChI=1S/C22H25N3O3S2/c1-4-28-16-8-6-5-7-15(16)23-18(26)12-29-22-24-20-19(21(27)25(22)3)14-10-9-13(2)11-17(14)30-20/h5-8,13H,4,9-12H2,1-3H3,(H,23,26)/t13-/m0/s1. The van der Waals surface area contributed by atoms with Crippen LogP contribution in [0.25, 0.3) is 10.2 Å². The summed E-state index contributed by atoms with van der Waals surface area (Å²) in [4.78, 5) is 32.3. The van der Waals surface area contributed by atoms with E-state index in [4.69, 9.17) is 9.72 Å². The van der Waals surface area contributed by atoms with Crippen LogP contribution in [0.5, 0.6) is 5.75 Å². The number of benzene rings is 1. The number of nitrogens with one attached hydrogen (secondary N) is 1. The number of rotatable bonds is 6. The van der Waals surface area contributed by atoms with Crippen molar-refractivity contribution >= 4 is 44.9 Å². The number of para-hydroxylation sites is 2. The number of anilines is 1. The number of aromatic nitrogens is 2. The first-order valence-corrected chi connectivity index (χ1v) is 11.9. The second kappa shape index (κ2) is 8.81. The van der Waals surface area contributed by atoms with Crippen LogP contribution in [0.3, 0.4) is 0 Å². The maximum atomic E-state index is 13.0. The summed E-state index contributed by atoms with van der Waals surface area (Å²) < 4.78 is 7.12. The monoisotopic (exact) mass is 443 g/mol. The smallest absolute Gasteiger partial charge is 0.262 e. The number of aryl methyl sites for hydroxylation is 1. The fourth-order valence-electron chi connectivity index (χ4n) is 3.75. The van der Waals surface area contributed by atoms with Gasteiger partial charge in [-0.25, -0.2) is 4.98 Å². The lowest BCUT2D eigenvalue weighted by Crippen LogP contribution is -2.22.